The van der Waals surface area contributed by atoms with E-state index in [0.717, 1.165) is 31.2 Å². The number of carbonyl (C=O) groups excluding carboxylic acids is 1. The molecule has 0 spiro atoms. The van der Waals surface area contributed by atoms with Gasteiger partial charge in [0.05, 0.1) is 6.61 Å². The number of aliphatic hydroxyl groups is 1. The second-order valence-electron chi connectivity index (χ2n) is 7.39. The summed E-state index contributed by atoms with van der Waals surface area (Å²) >= 11 is 0. The molecule has 1 aromatic rings. The van der Waals surface area contributed by atoms with Gasteiger partial charge in [-0.15, -0.1) is 0 Å². The molecule has 1 rings (SSSR count). The van der Waals surface area contributed by atoms with E-state index in [2.05, 4.69) is 6.92 Å². The van der Waals surface area contributed by atoms with Crippen molar-refractivity contribution in [2.45, 2.75) is 84.9 Å². The number of hydrogen-bond acceptors (Lipinski definition) is 4. The summed E-state index contributed by atoms with van der Waals surface area (Å²) in [5, 5.41) is 8.87. The van der Waals surface area contributed by atoms with Crippen molar-refractivity contribution in [3.8, 4) is 5.75 Å². The first-order valence-corrected chi connectivity index (χ1v) is 10.9. The zero-order valence-corrected chi connectivity index (χ0v) is 18.5. The van der Waals surface area contributed by atoms with Crippen LogP contribution in [-0.2, 0) is 16.1 Å². The molecular formula is C23H38FNO4. The summed E-state index contributed by atoms with van der Waals surface area (Å²) in [6.07, 6.45) is 4.58. The van der Waals surface area contributed by atoms with Crippen LogP contribution in [0, 0.1) is 5.82 Å². The van der Waals surface area contributed by atoms with E-state index in [1.165, 1.54) is 6.07 Å². The van der Waals surface area contributed by atoms with Crippen molar-refractivity contribution >= 4 is 5.91 Å². The summed E-state index contributed by atoms with van der Waals surface area (Å²) in [4.78, 5) is 15.0. The van der Waals surface area contributed by atoms with Crippen LogP contribution in [0.4, 0.5) is 4.39 Å². The Labute approximate surface area is 175 Å². The molecule has 0 aromatic heterocycles. The maximum atomic E-state index is 14.0. The predicted octanol–water partition coefficient (Wildman–Crippen LogP) is 4.70. The lowest BCUT2D eigenvalue weighted by molar-refractivity contribution is -0.147. The van der Waals surface area contributed by atoms with E-state index in [9.17, 15) is 9.18 Å². The Balaban J connectivity index is 2.89. The highest BCUT2D eigenvalue weighted by molar-refractivity contribution is 5.81. The van der Waals surface area contributed by atoms with E-state index in [4.69, 9.17) is 14.6 Å². The summed E-state index contributed by atoms with van der Waals surface area (Å²) in [7, 11) is 0. The number of unbranched alkanes of at least 4 members (excludes halogenated alkanes) is 2. The van der Waals surface area contributed by atoms with E-state index in [0.29, 0.717) is 26.0 Å². The largest absolute Gasteiger partial charge is 0.490 e. The summed E-state index contributed by atoms with van der Waals surface area (Å²) < 4.78 is 25.3. The minimum absolute atomic E-state index is 0.00569. The Morgan fingerprint density at radius 1 is 1.14 bits per heavy atom. The zero-order valence-electron chi connectivity index (χ0n) is 18.5. The SMILES string of the molecule is CCCCCO[C@H](CC)C(=O)N(Cc1ccc(F)c(OCCCO)c1)C(C)CC. The maximum absolute atomic E-state index is 14.0. The average Bonchev–Trinajstić information content (AvgIpc) is 2.73. The Morgan fingerprint density at radius 2 is 1.90 bits per heavy atom. The van der Waals surface area contributed by atoms with Gasteiger partial charge in [0.2, 0.25) is 0 Å². The summed E-state index contributed by atoms with van der Waals surface area (Å²) in [6.45, 7) is 9.36. The molecule has 1 amide bonds. The summed E-state index contributed by atoms with van der Waals surface area (Å²) in [5.41, 5.74) is 0.805. The van der Waals surface area contributed by atoms with Crippen molar-refractivity contribution in [2.24, 2.45) is 0 Å². The molecule has 1 unspecified atom stereocenters. The second kappa shape index (κ2) is 14.3. The third-order valence-corrected chi connectivity index (χ3v) is 5.03. The standard InChI is InChI=1S/C23H38FNO4/c1-5-8-9-14-28-21(7-3)23(27)25(18(4)6-2)17-19-11-12-20(24)22(16-19)29-15-10-13-26/h11-12,16,18,21,26H,5-10,13-15,17H2,1-4H3/t18?,21-/m1/s1. The molecule has 6 heteroatoms. The molecule has 29 heavy (non-hydrogen) atoms. The third kappa shape index (κ3) is 8.70. The lowest BCUT2D eigenvalue weighted by Crippen LogP contribution is -2.44. The minimum atomic E-state index is -0.457. The van der Waals surface area contributed by atoms with Gasteiger partial charge in [-0.3, -0.25) is 4.79 Å². The van der Waals surface area contributed by atoms with Gasteiger partial charge in [0.1, 0.15) is 6.10 Å². The van der Waals surface area contributed by atoms with E-state index in [1.807, 2.05) is 25.7 Å². The number of carbonyl (C=O) groups is 1. The Hall–Kier alpha value is -1.66. The van der Waals surface area contributed by atoms with Crippen molar-refractivity contribution in [1.29, 1.82) is 0 Å². The van der Waals surface area contributed by atoms with Crippen molar-refractivity contribution in [3.63, 3.8) is 0 Å². The molecule has 1 N–H and O–H groups in total. The van der Waals surface area contributed by atoms with Gasteiger partial charge in [0.15, 0.2) is 11.6 Å². The second-order valence-corrected chi connectivity index (χ2v) is 7.39. The monoisotopic (exact) mass is 411 g/mol. The quantitative estimate of drug-likeness (QED) is 0.425. The maximum Gasteiger partial charge on any atom is 0.252 e. The normalized spacial score (nSPS) is 13.2. The van der Waals surface area contributed by atoms with Gasteiger partial charge in [-0.1, -0.05) is 39.7 Å². The van der Waals surface area contributed by atoms with Crippen LogP contribution in [0.1, 0.15) is 71.8 Å². The highest BCUT2D eigenvalue weighted by Crippen LogP contribution is 2.22. The van der Waals surface area contributed by atoms with E-state index in [-0.39, 0.29) is 30.9 Å². The van der Waals surface area contributed by atoms with Crippen LogP contribution in [0.5, 0.6) is 5.75 Å². The van der Waals surface area contributed by atoms with E-state index < -0.39 is 11.9 Å². The number of nitrogens with zero attached hydrogens (tertiary/aromatic N) is 1. The Morgan fingerprint density at radius 3 is 2.52 bits per heavy atom. The molecule has 0 radical (unpaired) electrons. The van der Waals surface area contributed by atoms with Crippen LogP contribution in [0.2, 0.25) is 0 Å². The molecule has 0 aliphatic carbocycles. The first-order valence-electron chi connectivity index (χ1n) is 10.9. The van der Waals surface area contributed by atoms with Crippen molar-refractivity contribution in [1.82, 2.24) is 4.90 Å². The molecule has 5 nitrogen and oxygen atoms in total. The Kier molecular flexibility index (Phi) is 12.6. The topological polar surface area (TPSA) is 59.0 Å². The minimum Gasteiger partial charge on any atom is -0.490 e. The molecule has 0 bridgehead atoms. The fourth-order valence-electron chi connectivity index (χ4n) is 3.00. The smallest absolute Gasteiger partial charge is 0.252 e. The molecule has 0 saturated carbocycles. The molecule has 0 fully saturated rings. The van der Waals surface area contributed by atoms with Crippen LogP contribution >= 0.6 is 0 Å². The highest BCUT2D eigenvalue weighted by Gasteiger charge is 2.27. The van der Waals surface area contributed by atoms with E-state index in [1.54, 1.807) is 12.1 Å². The number of amides is 1. The van der Waals surface area contributed by atoms with Gasteiger partial charge < -0.3 is 19.5 Å². The van der Waals surface area contributed by atoms with Gasteiger partial charge in [0.25, 0.3) is 5.91 Å². The third-order valence-electron chi connectivity index (χ3n) is 5.03. The van der Waals surface area contributed by atoms with Crippen molar-refractivity contribution in [3.05, 3.63) is 29.6 Å². The lowest BCUT2D eigenvalue weighted by atomic mass is 10.1. The molecule has 2 atom stereocenters. The van der Waals surface area contributed by atoms with Crippen LogP contribution < -0.4 is 4.74 Å². The summed E-state index contributed by atoms with van der Waals surface area (Å²) in [5.74, 6) is -0.320. The molecule has 0 aliphatic rings. The number of ether oxygens (including phenoxy) is 2. The molecule has 166 valence electrons. The summed E-state index contributed by atoms with van der Waals surface area (Å²) in [6, 6.07) is 4.72. The number of hydrogen-bond donors (Lipinski definition) is 1. The molecule has 1 aromatic carbocycles. The van der Waals surface area contributed by atoms with E-state index >= 15 is 0 Å². The molecule has 0 aliphatic heterocycles. The molecule has 0 heterocycles. The average molecular weight is 412 g/mol. The first-order chi connectivity index (χ1) is 14.0. The number of rotatable bonds is 15. The van der Waals surface area contributed by atoms with Gasteiger partial charge in [-0.25, -0.2) is 4.39 Å². The number of aliphatic hydroxyl groups excluding tert-OH is 1. The van der Waals surface area contributed by atoms with Gasteiger partial charge >= 0.3 is 0 Å². The van der Waals surface area contributed by atoms with Gasteiger partial charge in [0, 0.05) is 32.2 Å². The van der Waals surface area contributed by atoms with Crippen LogP contribution in [0.3, 0.4) is 0 Å². The van der Waals surface area contributed by atoms with Gasteiger partial charge in [-0.05, 0) is 43.9 Å². The Bertz CT molecular complexity index is 596. The lowest BCUT2D eigenvalue weighted by Gasteiger charge is -2.32. The predicted molar refractivity (Wildman–Crippen MR) is 113 cm³/mol. The van der Waals surface area contributed by atoms with Crippen molar-refractivity contribution < 1.29 is 23.8 Å². The van der Waals surface area contributed by atoms with Crippen molar-refractivity contribution in [2.75, 3.05) is 19.8 Å². The first kappa shape index (κ1) is 25.4. The number of benzene rings is 1. The number of halogens is 1. The van der Waals surface area contributed by atoms with Crippen LogP contribution in [0.15, 0.2) is 18.2 Å². The zero-order chi connectivity index (χ0) is 21.6. The fraction of sp³-hybridized carbons (Fsp3) is 0.696. The molecule has 0 saturated heterocycles. The van der Waals surface area contributed by atoms with Crippen LogP contribution in [-0.4, -0.2) is 47.9 Å². The fourth-order valence-corrected chi connectivity index (χ4v) is 3.00. The van der Waals surface area contributed by atoms with Gasteiger partial charge in [-0.2, -0.15) is 0 Å². The molecular weight excluding hydrogens is 373 g/mol. The highest BCUT2D eigenvalue weighted by atomic mass is 19.1. The van der Waals surface area contributed by atoms with Crippen LogP contribution in [0.25, 0.3) is 0 Å².